The van der Waals surface area contributed by atoms with Crippen LogP contribution in [0.2, 0.25) is 0 Å². The van der Waals surface area contributed by atoms with Gasteiger partial charge in [0, 0.05) is 40.0 Å². The van der Waals surface area contributed by atoms with E-state index >= 15 is 0 Å². The summed E-state index contributed by atoms with van der Waals surface area (Å²) in [7, 11) is 0. The van der Waals surface area contributed by atoms with E-state index in [9.17, 15) is 4.79 Å². The van der Waals surface area contributed by atoms with Crippen molar-refractivity contribution in [1.82, 2.24) is 0 Å². The molecule has 0 spiro atoms. The second kappa shape index (κ2) is 27.2. The number of aliphatic carboxylic acids is 1. The maximum Gasteiger partial charge on any atom is 0.329 e. The summed E-state index contributed by atoms with van der Waals surface area (Å²) >= 11 is 0. The molecule has 0 aromatic heterocycles. The minimum absolute atomic E-state index is 0. The fourth-order valence-corrected chi connectivity index (χ4v) is 0.278. The van der Waals surface area contributed by atoms with Crippen LogP contribution < -0.4 is 0 Å². The van der Waals surface area contributed by atoms with Crippen LogP contribution in [0.4, 0.5) is 0 Å². The van der Waals surface area contributed by atoms with Gasteiger partial charge in [0.1, 0.15) is 6.61 Å². The topological polar surface area (TPSA) is 107 Å². The summed E-state index contributed by atoms with van der Waals surface area (Å²) in [5.74, 6) is 0.491. The number of carbonyl (C=O) groups is 1. The van der Waals surface area contributed by atoms with Crippen molar-refractivity contribution in [2.75, 3.05) is 6.61 Å². The van der Waals surface area contributed by atoms with E-state index in [0.717, 1.165) is 0 Å². The van der Waals surface area contributed by atoms with Crippen molar-refractivity contribution in [1.29, 1.82) is 0 Å². The Bertz CT molecular complexity index is 214. The first-order chi connectivity index (χ1) is 10.8. The second-order valence-electron chi connectivity index (χ2n) is 7.58. The predicted molar refractivity (Wildman–Crippen MR) is 106 cm³/mol. The summed E-state index contributed by atoms with van der Waals surface area (Å²) in [6.45, 7) is 21.8. The molecule has 0 saturated carbocycles. The number of carboxylic acids is 1. The molecule has 0 rings (SSSR count). The summed E-state index contributed by atoms with van der Waals surface area (Å²) in [4.78, 5) is 9.92. The Morgan fingerprint density at radius 2 is 1.00 bits per heavy atom. The molecule has 0 bridgehead atoms. The average Bonchev–Trinajstić information content (AvgIpc) is 2.21. The molecule has 0 aliphatic heterocycles. The Labute approximate surface area is 177 Å². The summed E-state index contributed by atoms with van der Waals surface area (Å²) in [6, 6.07) is 0. The van der Waals surface area contributed by atoms with Crippen LogP contribution in [0.1, 0.15) is 83.1 Å². The first-order valence-corrected chi connectivity index (χ1v) is 8.51. The summed E-state index contributed by atoms with van der Waals surface area (Å²) < 4.78 is 4.89. The maximum absolute atomic E-state index is 9.92. The van der Waals surface area contributed by atoms with E-state index in [1.54, 1.807) is 41.5 Å². The van der Waals surface area contributed by atoms with E-state index in [0.29, 0.717) is 0 Å². The summed E-state index contributed by atoms with van der Waals surface area (Å²) in [5, 5.41) is 32.3. The first kappa shape index (κ1) is 40.6. The van der Waals surface area contributed by atoms with Crippen molar-refractivity contribution in [3.8, 4) is 0 Å². The Balaban J connectivity index is -0.0000000508. The fourth-order valence-electron chi connectivity index (χ4n) is 0.278. The molecule has 7 heteroatoms. The third kappa shape index (κ3) is 351. The van der Waals surface area contributed by atoms with Crippen LogP contribution in [0, 0.1) is 5.92 Å². The normalized spacial score (nSPS) is 9.50. The van der Waals surface area contributed by atoms with Gasteiger partial charge in [0.25, 0.3) is 0 Å². The molecule has 0 aromatic carbocycles. The monoisotopic (exact) mass is 417 g/mol. The van der Waals surface area contributed by atoms with Gasteiger partial charge in [-0.15, -0.1) is 0 Å². The molecule has 0 radical (unpaired) electrons. The smallest absolute Gasteiger partial charge is 0.329 e. The van der Waals surface area contributed by atoms with Gasteiger partial charge in [-0.05, 0) is 62.3 Å². The molecule has 0 fully saturated rings. The van der Waals surface area contributed by atoms with Gasteiger partial charge in [0.15, 0.2) is 0 Å². The molecule has 0 aliphatic rings. The number of hydrogen-bond donors (Lipinski definition) is 4. The Kier molecular flexibility index (Phi) is 42.6. The van der Waals surface area contributed by atoms with Crippen LogP contribution in [0.5, 0.6) is 0 Å². The van der Waals surface area contributed by atoms with Gasteiger partial charge in [-0.3, -0.25) is 0 Å². The van der Waals surface area contributed by atoms with Gasteiger partial charge in [0.05, 0.1) is 5.60 Å². The van der Waals surface area contributed by atoms with Crippen molar-refractivity contribution in [2.45, 2.75) is 107 Å². The summed E-state index contributed by atoms with van der Waals surface area (Å²) in [6.07, 6.45) is -0.500. The fraction of sp³-hybridized carbons (Fsp3) is 0.895. The SMILES string of the molecule is CC(C)(C)OCC(=O)O.CC(C)O.CC(C)O.CC(C)O.C[C-](C)C.[Ti]. The average molecular weight is 417 g/mol. The Morgan fingerprint density at radius 1 is 0.846 bits per heavy atom. The number of ether oxygens (including phenoxy) is 1. The van der Waals surface area contributed by atoms with E-state index in [4.69, 9.17) is 25.2 Å². The van der Waals surface area contributed by atoms with Crippen LogP contribution in [-0.4, -0.2) is 56.9 Å². The zero-order valence-electron chi connectivity index (χ0n) is 19.0. The molecule has 162 valence electrons. The minimum Gasteiger partial charge on any atom is -0.480 e. The number of hydrogen-bond acceptors (Lipinski definition) is 5. The molecule has 0 unspecified atom stereocenters. The number of aliphatic hydroxyl groups is 3. The molecule has 0 saturated heterocycles. The van der Waals surface area contributed by atoms with Gasteiger partial charge in [0.2, 0.25) is 0 Å². The van der Waals surface area contributed by atoms with Crippen molar-refractivity contribution >= 4 is 5.97 Å². The number of aliphatic hydroxyl groups excluding tert-OH is 3. The third-order valence-corrected chi connectivity index (χ3v) is 0.629. The van der Waals surface area contributed by atoms with Crippen molar-refractivity contribution in [2.24, 2.45) is 0 Å². The van der Waals surface area contributed by atoms with Crippen molar-refractivity contribution in [3.05, 3.63) is 5.92 Å². The Morgan fingerprint density at radius 3 is 1.04 bits per heavy atom. The van der Waals surface area contributed by atoms with Gasteiger partial charge < -0.3 is 31.1 Å². The number of carboxylic acid groups (broad SMARTS) is 1. The molecule has 26 heavy (non-hydrogen) atoms. The maximum atomic E-state index is 9.92. The van der Waals surface area contributed by atoms with Crippen LogP contribution in [0.3, 0.4) is 0 Å². The van der Waals surface area contributed by atoms with Crippen LogP contribution in [0.25, 0.3) is 0 Å². The largest absolute Gasteiger partial charge is 0.480 e. The molecule has 0 aromatic rings. The molecule has 0 aliphatic carbocycles. The van der Waals surface area contributed by atoms with E-state index < -0.39 is 5.97 Å². The van der Waals surface area contributed by atoms with E-state index in [1.165, 1.54) is 5.92 Å². The zero-order valence-corrected chi connectivity index (χ0v) is 20.6. The molecular weight excluding hydrogens is 372 g/mol. The second-order valence-corrected chi connectivity index (χ2v) is 7.58. The van der Waals surface area contributed by atoms with Gasteiger partial charge in [-0.1, -0.05) is 0 Å². The molecule has 4 N–H and O–H groups in total. The van der Waals surface area contributed by atoms with Crippen molar-refractivity contribution in [3.63, 3.8) is 0 Å². The van der Waals surface area contributed by atoms with E-state index in [2.05, 4.69) is 20.8 Å². The van der Waals surface area contributed by atoms with Gasteiger partial charge in [-0.2, -0.15) is 20.8 Å². The van der Waals surface area contributed by atoms with Crippen LogP contribution in [-0.2, 0) is 31.2 Å². The predicted octanol–water partition coefficient (Wildman–Crippen LogP) is 3.67. The zero-order chi connectivity index (χ0) is 21.8. The molecule has 0 atom stereocenters. The van der Waals surface area contributed by atoms with Crippen LogP contribution in [0.15, 0.2) is 0 Å². The standard InChI is InChI=1S/C6H12O3.C4H9.3C3H8O.Ti/c1-6(2,3)9-4-5(7)8;1-4(2)3;3*1-3(2)4;/h4H2,1-3H3,(H,7,8);1-3H3;3*3-4H,1-2H3;/q;-1;;;;. The third-order valence-electron chi connectivity index (χ3n) is 0.629. The molecule has 0 amide bonds. The minimum atomic E-state index is -0.926. The van der Waals surface area contributed by atoms with Gasteiger partial charge >= 0.3 is 5.97 Å². The molecule has 6 nitrogen and oxygen atoms in total. The molecular formula is C19H45O6Ti-. The first-order valence-electron chi connectivity index (χ1n) is 8.51. The number of rotatable bonds is 2. The van der Waals surface area contributed by atoms with E-state index in [1.807, 2.05) is 20.8 Å². The Hall–Kier alpha value is 0.0243. The van der Waals surface area contributed by atoms with Gasteiger partial charge in [-0.25, -0.2) is 4.79 Å². The van der Waals surface area contributed by atoms with Crippen LogP contribution >= 0.6 is 0 Å². The summed E-state index contributed by atoms with van der Waals surface area (Å²) in [5.41, 5.74) is -0.349. The quantitative estimate of drug-likeness (QED) is 0.404. The van der Waals surface area contributed by atoms with Crippen molar-refractivity contribution < 1.29 is 51.7 Å². The molecule has 0 heterocycles. The van der Waals surface area contributed by atoms with E-state index in [-0.39, 0.29) is 52.2 Å².